The molecule has 2 aromatic heterocycles. The number of anilines is 1. The van der Waals surface area contributed by atoms with Gasteiger partial charge in [0.15, 0.2) is 0 Å². The van der Waals surface area contributed by atoms with Crippen molar-refractivity contribution in [1.82, 2.24) is 9.78 Å². The van der Waals surface area contributed by atoms with Crippen LogP contribution in [0.1, 0.15) is 28.3 Å². The van der Waals surface area contributed by atoms with Gasteiger partial charge >= 0.3 is 0 Å². The Morgan fingerprint density at radius 1 is 1.27 bits per heavy atom. The summed E-state index contributed by atoms with van der Waals surface area (Å²) in [4.78, 5) is 13.6. The van der Waals surface area contributed by atoms with Gasteiger partial charge in [0.2, 0.25) is 5.91 Å². The Bertz CT molecular complexity index is 934. The minimum atomic E-state index is -0.124. The standard InChI is InChI=1S/C19H19N3O3S/c1-24-12-5-6-17(25-2)15(8-12)14-9-18(23)21-19-16(14)10-20-22(19)11-13-4-3-7-26-13/h3-8,10,14H,9,11H2,1-2H3,(H,21,23)/t14-/m0/s1. The third-order valence-corrected chi connectivity index (χ3v) is 5.45. The maximum absolute atomic E-state index is 12.4. The fourth-order valence-corrected chi connectivity index (χ4v) is 4.02. The van der Waals surface area contributed by atoms with Crippen LogP contribution < -0.4 is 14.8 Å². The fourth-order valence-electron chi connectivity index (χ4n) is 3.33. The fraction of sp³-hybridized carbons (Fsp3) is 0.263. The average Bonchev–Trinajstić information content (AvgIpc) is 3.31. The number of thiophene rings is 1. The molecule has 0 radical (unpaired) electrons. The number of carbonyl (C=O) groups excluding carboxylic acids is 1. The molecule has 134 valence electrons. The van der Waals surface area contributed by atoms with Crippen LogP contribution in [-0.4, -0.2) is 29.9 Å². The molecule has 0 spiro atoms. The van der Waals surface area contributed by atoms with Crippen LogP contribution in [0.25, 0.3) is 0 Å². The SMILES string of the molecule is COc1ccc(OC)c([C@@H]2CC(=O)Nc3c2cnn3Cc2cccs2)c1. The molecule has 1 aliphatic rings. The number of fused-ring (bicyclic) bond motifs is 1. The molecular formula is C19H19N3O3S. The van der Waals surface area contributed by atoms with Gasteiger partial charge < -0.3 is 14.8 Å². The molecule has 1 aliphatic heterocycles. The smallest absolute Gasteiger partial charge is 0.226 e. The summed E-state index contributed by atoms with van der Waals surface area (Å²) in [5.74, 6) is 2.08. The van der Waals surface area contributed by atoms with E-state index in [-0.39, 0.29) is 11.8 Å². The Labute approximate surface area is 155 Å². The third-order valence-electron chi connectivity index (χ3n) is 4.59. The first-order valence-corrected chi connectivity index (χ1v) is 9.17. The summed E-state index contributed by atoms with van der Waals surface area (Å²) < 4.78 is 12.7. The molecule has 1 N–H and O–H groups in total. The van der Waals surface area contributed by atoms with Crippen molar-refractivity contribution in [3.63, 3.8) is 0 Å². The van der Waals surface area contributed by atoms with Gasteiger partial charge in [-0.25, -0.2) is 4.68 Å². The van der Waals surface area contributed by atoms with E-state index in [1.54, 1.807) is 25.6 Å². The summed E-state index contributed by atoms with van der Waals surface area (Å²) in [7, 11) is 3.26. The highest BCUT2D eigenvalue weighted by Crippen LogP contribution is 2.42. The van der Waals surface area contributed by atoms with Crippen LogP contribution in [0.3, 0.4) is 0 Å². The predicted octanol–water partition coefficient (Wildman–Crippen LogP) is 3.48. The van der Waals surface area contributed by atoms with Crippen LogP contribution in [-0.2, 0) is 11.3 Å². The quantitative estimate of drug-likeness (QED) is 0.748. The first-order chi connectivity index (χ1) is 12.7. The van der Waals surface area contributed by atoms with E-state index in [0.29, 0.717) is 13.0 Å². The largest absolute Gasteiger partial charge is 0.497 e. The van der Waals surface area contributed by atoms with Gasteiger partial charge in [-0.2, -0.15) is 5.10 Å². The molecule has 4 rings (SSSR count). The molecule has 0 saturated carbocycles. The van der Waals surface area contributed by atoms with E-state index in [2.05, 4.69) is 16.5 Å². The Morgan fingerprint density at radius 3 is 2.88 bits per heavy atom. The van der Waals surface area contributed by atoms with E-state index in [9.17, 15) is 4.79 Å². The maximum atomic E-state index is 12.4. The van der Waals surface area contributed by atoms with Crippen LogP contribution in [0.4, 0.5) is 5.82 Å². The Morgan fingerprint density at radius 2 is 2.15 bits per heavy atom. The van der Waals surface area contributed by atoms with Crippen LogP contribution >= 0.6 is 11.3 Å². The summed E-state index contributed by atoms with van der Waals surface area (Å²) in [5.41, 5.74) is 1.92. The van der Waals surface area contributed by atoms with Crippen molar-refractivity contribution in [1.29, 1.82) is 0 Å². The number of ether oxygens (including phenoxy) is 2. The van der Waals surface area contributed by atoms with Crippen molar-refractivity contribution in [2.75, 3.05) is 19.5 Å². The Kier molecular flexibility index (Phi) is 4.38. The van der Waals surface area contributed by atoms with Crippen LogP contribution in [0.15, 0.2) is 41.9 Å². The number of nitrogens with one attached hydrogen (secondary N) is 1. The monoisotopic (exact) mass is 369 g/mol. The Hall–Kier alpha value is -2.80. The average molecular weight is 369 g/mol. The Balaban J connectivity index is 1.77. The number of hydrogen-bond acceptors (Lipinski definition) is 5. The molecular weight excluding hydrogens is 350 g/mol. The molecule has 0 aliphatic carbocycles. The molecule has 3 heterocycles. The number of nitrogens with zero attached hydrogens (tertiary/aromatic N) is 2. The normalized spacial score (nSPS) is 16.1. The predicted molar refractivity (Wildman–Crippen MR) is 100 cm³/mol. The van der Waals surface area contributed by atoms with Crippen LogP contribution in [0, 0.1) is 0 Å². The molecule has 0 bridgehead atoms. The number of methoxy groups -OCH3 is 2. The second kappa shape index (κ2) is 6.84. The van der Waals surface area contributed by atoms with Crippen molar-refractivity contribution in [3.05, 3.63) is 57.9 Å². The van der Waals surface area contributed by atoms with E-state index < -0.39 is 0 Å². The summed E-state index contributed by atoms with van der Waals surface area (Å²) in [6, 6.07) is 9.73. The van der Waals surface area contributed by atoms with Gasteiger partial charge in [-0.05, 0) is 29.6 Å². The van der Waals surface area contributed by atoms with Crippen molar-refractivity contribution in [3.8, 4) is 11.5 Å². The third kappa shape index (κ3) is 2.94. The van der Waals surface area contributed by atoms with Crippen molar-refractivity contribution in [2.45, 2.75) is 18.9 Å². The highest BCUT2D eigenvalue weighted by atomic mass is 32.1. The van der Waals surface area contributed by atoms with Crippen molar-refractivity contribution in [2.24, 2.45) is 0 Å². The second-order valence-electron chi connectivity index (χ2n) is 6.10. The number of hydrogen-bond donors (Lipinski definition) is 1. The van der Waals surface area contributed by atoms with E-state index in [1.807, 2.05) is 40.5 Å². The number of carbonyl (C=O) groups is 1. The molecule has 0 unspecified atom stereocenters. The molecule has 1 aromatic carbocycles. The van der Waals surface area contributed by atoms with E-state index >= 15 is 0 Å². The molecule has 6 nitrogen and oxygen atoms in total. The first kappa shape index (κ1) is 16.7. The lowest BCUT2D eigenvalue weighted by Gasteiger charge is -2.25. The topological polar surface area (TPSA) is 65.4 Å². The lowest BCUT2D eigenvalue weighted by molar-refractivity contribution is -0.116. The van der Waals surface area contributed by atoms with E-state index in [0.717, 1.165) is 28.4 Å². The number of aromatic nitrogens is 2. The molecule has 1 amide bonds. The summed E-state index contributed by atoms with van der Waals surface area (Å²) >= 11 is 1.67. The molecule has 0 saturated heterocycles. The highest BCUT2D eigenvalue weighted by Gasteiger charge is 2.32. The zero-order chi connectivity index (χ0) is 18.1. The number of rotatable bonds is 5. The van der Waals surface area contributed by atoms with E-state index in [4.69, 9.17) is 9.47 Å². The molecule has 3 aromatic rings. The summed E-state index contributed by atoms with van der Waals surface area (Å²) in [5, 5.41) is 9.53. The summed E-state index contributed by atoms with van der Waals surface area (Å²) in [6.07, 6.45) is 2.19. The van der Waals surface area contributed by atoms with Gasteiger partial charge in [-0.15, -0.1) is 11.3 Å². The van der Waals surface area contributed by atoms with Gasteiger partial charge in [0.05, 0.1) is 27.0 Å². The lowest BCUT2D eigenvalue weighted by atomic mass is 9.86. The molecule has 7 heteroatoms. The van der Waals surface area contributed by atoms with Gasteiger partial charge in [0.25, 0.3) is 0 Å². The highest BCUT2D eigenvalue weighted by molar-refractivity contribution is 7.09. The zero-order valence-electron chi connectivity index (χ0n) is 14.6. The molecule has 0 fully saturated rings. The minimum Gasteiger partial charge on any atom is -0.497 e. The van der Waals surface area contributed by atoms with Crippen molar-refractivity contribution < 1.29 is 14.3 Å². The molecule has 1 atom stereocenters. The zero-order valence-corrected chi connectivity index (χ0v) is 15.4. The van der Waals surface area contributed by atoms with Gasteiger partial charge in [0, 0.05) is 28.3 Å². The maximum Gasteiger partial charge on any atom is 0.226 e. The van der Waals surface area contributed by atoms with Gasteiger partial charge in [-0.1, -0.05) is 6.07 Å². The number of benzene rings is 1. The van der Waals surface area contributed by atoms with Crippen LogP contribution in [0.2, 0.25) is 0 Å². The van der Waals surface area contributed by atoms with Gasteiger partial charge in [0.1, 0.15) is 17.3 Å². The second-order valence-corrected chi connectivity index (χ2v) is 7.13. The minimum absolute atomic E-state index is 0.0275. The molecule has 26 heavy (non-hydrogen) atoms. The van der Waals surface area contributed by atoms with Crippen molar-refractivity contribution >= 4 is 23.1 Å². The van der Waals surface area contributed by atoms with Gasteiger partial charge in [-0.3, -0.25) is 4.79 Å². The summed E-state index contributed by atoms with van der Waals surface area (Å²) in [6.45, 7) is 0.634. The first-order valence-electron chi connectivity index (χ1n) is 8.29. The number of amides is 1. The lowest BCUT2D eigenvalue weighted by Crippen LogP contribution is -2.25. The van der Waals surface area contributed by atoms with Crippen LogP contribution in [0.5, 0.6) is 11.5 Å². The van der Waals surface area contributed by atoms with E-state index in [1.165, 1.54) is 4.88 Å².